The van der Waals surface area contributed by atoms with Crippen molar-refractivity contribution in [2.75, 3.05) is 0 Å². The summed E-state index contributed by atoms with van der Waals surface area (Å²) in [6.45, 7) is 0.370. The van der Waals surface area contributed by atoms with Crippen LogP contribution in [0.5, 0.6) is 0 Å². The van der Waals surface area contributed by atoms with Crippen molar-refractivity contribution in [3.63, 3.8) is 0 Å². The van der Waals surface area contributed by atoms with Crippen LogP contribution in [0.2, 0.25) is 0 Å². The minimum absolute atomic E-state index is 0.126. The van der Waals surface area contributed by atoms with Crippen molar-refractivity contribution in [1.29, 1.82) is 0 Å². The number of carbonyl (C=O) groups is 1. The Morgan fingerprint density at radius 1 is 1.05 bits per heavy atom. The Bertz CT molecular complexity index is 731. The van der Waals surface area contributed by atoms with E-state index in [1.807, 2.05) is 59.3 Å². The van der Waals surface area contributed by atoms with Gasteiger partial charge in [-0.3, -0.25) is 4.79 Å². The second-order valence-corrected chi connectivity index (χ2v) is 5.35. The molecule has 0 saturated carbocycles. The first-order valence-corrected chi connectivity index (χ1v) is 6.86. The van der Waals surface area contributed by atoms with E-state index >= 15 is 0 Å². The van der Waals surface area contributed by atoms with Crippen molar-refractivity contribution in [3.8, 4) is 0 Å². The molecule has 0 fully saturated rings. The highest BCUT2D eigenvalue weighted by Gasteiger charge is 2.08. The number of ketones is 1. The van der Waals surface area contributed by atoms with E-state index in [1.165, 1.54) is 0 Å². The quantitative estimate of drug-likeness (QED) is 0.661. The lowest BCUT2D eigenvalue weighted by Crippen LogP contribution is -2.09. The predicted molar refractivity (Wildman–Crippen MR) is 80.4 cm³/mol. The van der Waals surface area contributed by atoms with Crippen molar-refractivity contribution < 1.29 is 4.79 Å². The third-order valence-corrected chi connectivity index (χ3v) is 3.64. The van der Waals surface area contributed by atoms with Crippen molar-refractivity contribution >= 4 is 32.6 Å². The molecule has 0 aliphatic heterocycles. The molecule has 0 saturated heterocycles. The highest BCUT2D eigenvalue weighted by Crippen LogP contribution is 2.21. The van der Waals surface area contributed by atoms with Crippen molar-refractivity contribution in [3.05, 3.63) is 70.8 Å². The fourth-order valence-electron chi connectivity index (χ4n) is 2.18. The molecule has 0 radical (unpaired) electrons. The van der Waals surface area contributed by atoms with Gasteiger partial charge < -0.3 is 4.57 Å². The van der Waals surface area contributed by atoms with E-state index in [0.717, 1.165) is 20.9 Å². The number of hydrogen-bond donors (Lipinski definition) is 0. The summed E-state index contributed by atoms with van der Waals surface area (Å²) in [5, 5.41) is 1.13. The van der Waals surface area contributed by atoms with E-state index < -0.39 is 0 Å². The molecular weight excluding hydrogens is 302 g/mol. The molecule has 0 bridgehead atoms. The van der Waals surface area contributed by atoms with E-state index in [1.54, 1.807) is 0 Å². The second kappa shape index (κ2) is 5.02. The van der Waals surface area contributed by atoms with Gasteiger partial charge in [0.1, 0.15) is 0 Å². The Hall–Kier alpha value is -1.87. The van der Waals surface area contributed by atoms with Crippen LogP contribution in [0.4, 0.5) is 0 Å². The highest BCUT2D eigenvalue weighted by atomic mass is 79.9. The van der Waals surface area contributed by atoms with Crippen molar-refractivity contribution in [1.82, 2.24) is 4.57 Å². The first-order chi connectivity index (χ1) is 9.24. The standard InChI is InChI=1S/C16H12BrNO/c17-14-6-7-15-13(10-14)8-9-18(15)11-16(19)12-4-2-1-3-5-12/h1-10H,11H2. The molecule has 2 nitrogen and oxygen atoms in total. The number of Topliss-reactive ketones (excluding diaryl/α,β-unsaturated/α-hetero) is 1. The maximum Gasteiger partial charge on any atom is 0.182 e. The molecule has 2 aromatic carbocycles. The maximum atomic E-state index is 12.2. The fourth-order valence-corrected chi connectivity index (χ4v) is 2.56. The maximum absolute atomic E-state index is 12.2. The van der Waals surface area contributed by atoms with Gasteiger partial charge in [-0.15, -0.1) is 0 Å². The van der Waals surface area contributed by atoms with Crippen LogP contribution in [-0.4, -0.2) is 10.4 Å². The van der Waals surface area contributed by atoms with Crippen LogP contribution in [0.15, 0.2) is 65.3 Å². The molecule has 3 rings (SSSR count). The van der Waals surface area contributed by atoms with Crippen molar-refractivity contribution in [2.45, 2.75) is 6.54 Å². The number of nitrogens with zero attached hydrogens (tertiary/aromatic N) is 1. The van der Waals surface area contributed by atoms with Crippen LogP contribution in [0, 0.1) is 0 Å². The lowest BCUT2D eigenvalue weighted by atomic mass is 10.1. The summed E-state index contributed by atoms with van der Waals surface area (Å²) in [6.07, 6.45) is 1.96. The van der Waals surface area contributed by atoms with Gasteiger partial charge in [0, 0.05) is 27.1 Å². The lowest BCUT2D eigenvalue weighted by molar-refractivity contribution is 0.0973. The molecule has 0 N–H and O–H groups in total. The summed E-state index contributed by atoms with van der Waals surface area (Å²) in [7, 11) is 0. The number of fused-ring (bicyclic) bond motifs is 1. The molecule has 94 valence electrons. The Morgan fingerprint density at radius 3 is 2.63 bits per heavy atom. The molecule has 1 heterocycles. The molecule has 19 heavy (non-hydrogen) atoms. The van der Waals surface area contributed by atoms with Crippen LogP contribution < -0.4 is 0 Å². The van der Waals surface area contributed by atoms with Gasteiger partial charge in [0.25, 0.3) is 0 Å². The third kappa shape index (κ3) is 2.47. The monoisotopic (exact) mass is 313 g/mol. The zero-order valence-electron chi connectivity index (χ0n) is 10.2. The topological polar surface area (TPSA) is 22.0 Å². The molecule has 0 aliphatic rings. The fraction of sp³-hybridized carbons (Fsp3) is 0.0625. The van der Waals surface area contributed by atoms with Gasteiger partial charge in [0.05, 0.1) is 6.54 Å². The van der Waals surface area contributed by atoms with Gasteiger partial charge in [0.15, 0.2) is 5.78 Å². The van der Waals surface area contributed by atoms with E-state index in [2.05, 4.69) is 22.0 Å². The average Bonchev–Trinajstić information content (AvgIpc) is 2.82. The number of aromatic nitrogens is 1. The van der Waals surface area contributed by atoms with Crippen molar-refractivity contribution in [2.24, 2.45) is 0 Å². The number of benzene rings is 2. The summed E-state index contributed by atoms with van der Waals surface area (Å²) in [5.74, 6) is 0.126. The highest BCUT2D eigenvalue weighted by molar-refractivity contribution is 9.10. The molecule has 1 aromatic heterocycles. The predicted octanol–water partition coefficient (Wildman–Crippen LogP) is 4.29. The summed E-state index contributed by atoms with van der Waals surface area (Å²) in [5.41, 5.74) is 1.83. The van der Waals surface area contributed by atoms with E-state index in [9.17, 15) is 4.79 Å². The lowest BCUT2D eigenvalue weighted by Gasteiger charge is -2.05. The molecular formula is C16H12BrNO. The third-order valence-electron chi connectivity index (χ3n) is 3.14. The molecule has 0 aliphatic carbocycles. The van der Waals surface area contributed by atoms with E-state index in [4.69, 9.17) is 0 Å². The van der Waals surface area contributed by atoms with Crippen LogP contribution in [0.25, 0.3) is 10.9 Å². The average molecular weight is 314 g/mol. The van der Waals surface area contributed by atoms with Gasteiger partial charge in [-0.25, -0.2) is 0 Å². The summed E-state index contributed by atoms with van der Waals surface area (Å²) in [6, 6.07) is 17.5. The van der Waals surface area contributed by atoms with Crippen LogP contribution in [-0.2, 0) is 6.54 Å². The second-order valence-electron chi connectivity index (χ2n) is 4.44. The number of hydrogen-bond acceptors (Lipinski definition) is 1. The smallest absolute Gasteiger partial charge is 0.182 e. The summed E-state index contributed by atoms with van der Waals surface area (Å²) < 4.78 is 3.03. The van der Waals surface area contributed by atoms with Gasteiger partial charge in [-0.05, 0) is 24.3 Å². The SMILES string of the molecule is O=C(Cn1ccc2cc(Br)ccc21)c1ccccc1. The molecule has 0 atom stereocenters. The Morgan fingerprint density at radius 2 is 1.84 bits per heavy atom. The van der Waals surface area contributed by atoms with Gasteiger partial charge in [-0.2, -0.15) is 0 Å². The first kappa shape index (κ1) is 12.2. The molecule has 3 heteroatoms. The van der Waals surface area contributed by atoms with Gasteiger partial charge in [0.2, 0.25) is 0 Å². The normalized spacial score (nSPS) is 10.8. The minimum atomic E-state index is 0.126. The summed E-state index contributed by atoms with van der Waals surface area (Å²) in [4.78, 5) is 12.2. The number of carbonyl (C=O) groups excluding carboxylic acids is 1. The zero-order valence-corrected chi connectivity index (χ0v) is 11.8. The van der Waals surface area contributed by atoms with Crippen LogP contribution in [0.3, 0.4) is 0 Å². The molecule has 0 amide bonds. The largest absolute Gasteiger partial charge is 0.340 e. The molecule has 0 spiro atoms. The molecule has 0 unspecified atom stereocenters. The minimum Gasteiger partial charge on any atom is -0.340 e. The van der Waals surface area contributed by atoms with E-state index in [-0.39, 0.29) is 5.78 Å². The van der Waals surface area contributed by atoms with Crippen LogP contribution >= 0.6 is 15.9 Å². The Kier molecular flexibility index (Phi) is 3.22. The Labute approximate surface area is 119 Å². The molecule has 3 aromatic rings. The number of halogens is 1. The first-order valence-electron chi connectivity index (χ1n) is 6.07. The summed E-state index contributed by atoms with van der Waals surface area (Å²) >= 11 is 3.45. The van der Waals surface area contributed by atoms with Gasteiger partial charge in [-0.1, -0.05) is 46.3 Å². The van der Waals surface area contributed by atoms with Gasteiger partial charge >= 0.3 is 0 Å². The zero-order chi connectivity index (χ0) is 13.2. The number of rotatable bonds is 3. The Balaban J connectivity index is 1.92. The van der Waals surface area contributed by atoms with Crippen LogP contribution in [0.1, 0.15) is 10.4 Å². The van der Waals surface area contributed by atoms with E-state index in [0.29, 0.717) is 6.54 Å².